The van der Waals surface area contributed by atoms with E-state index in [2.05, 4.69) is 10.4 Å². The van der Waals surface area contributed by atoms with E-state index in [1.54, 1.807) is 24.3 Å². The predicted molar refractivity (Wildman–Crippen MR) is 115 cm³/mol. The van der Waals surface area contributed by atoms with E-state index in [4.69, 9.17) is 11.6 Å². The molecule has 1 N–H and O–H groups in total. The lowest BCUT2D eigenvalue weighted by atomic mass is 9.96. The molecule has 1 aliphatic heterocycles. The number of hydrogen-bond acceptors (Lipinski definition) is 4. The van der Waals surface area contributed by atoms with Gasteiger partial charge < -0.3 is 10.2 Å². The zero-order valence-corrected chi connectivity index (χ0v) is 16.8. The number of nitrogens with zero attached hydrogens (tertiary/aromatic N) is 3. The van der Waals surface area contributed by atoms with Gasteiger partial charge in [-0.3, -0.25) is 9.59 Å². The first-order valence-electron chi connectivity index (χ1n) is 9.68. The van der Waals surface area contributed by atoms with Gasteiger partial charge in [-0.05, 0) is 49.2 Å². The van der Waals surface area contributed by atoms with E-state index in [0.29, 0.717) is 48.1 Å². The maximum atomic E-state index is 13.5. The molecule has 0 saturated carbocycles. The molecule has 2 heterocycles. The first-order chi connectivity index (χ1) is 14.5. The van der Waals surface area contributed by atoms with Crippen LogP contribution in [-0.2, 0) is 4.79 Å². The van der Waals surface area contributed by atoms with Crippen molar-refractivity contribution >= 4 is 29.0 Å². The molecule has 0 radical (unpaired) electrons. The zero-order chi connectivity index (χ0) is 21.1. The number of aromatic nitrogens is 2. The minimum Gasteiger partial charge on any atom is -0.355 e. The molecule has 0 atom stereocenters. The van der Waals surface area contributed by atoms with Crippen molar-refractivity contribution in [3.63, 3.8) is 0 Å². The van der Waals surface area contributed by atoms with Crippen molar-refractivity contribution < 1.29 is 9.18 Å². The summed E-state index contributed by atoms with van der Waals surface area (Å²) in [4.78, 5) is 26.8. The fraction of sp³-hybridized carbons (Fsp3) is 0.227. The highest BCUT2D eigenvalue weighted by molar-refractivity contribution is 6.33. The summed E-state index contributed by atoms with van der Waals surface area (Å²) < 4.78 is 14.7. The Morgan fingerprint density at radius 3 is 2.57 bits per heavy atom. The van der Waals surface area contributed by atoms with Crippen LogP contribution >= 0.6 is 11.6 Å². The number of rotatable bonds is 4. The van der Waals surface area contributed by atoms with Crippen LogP contribution in [0.1, 0.15) is 12.8 Å². The average Bonchev–Trinajstić information content (AvgIpc) is 2.76. The molecule has 0 bridgehead atoms. The van der Waals surface area contributed by atoms with Gasteiger partial charge in [0.1, 0.15) is 11.6 Å². The molecule has 4 rings (SSSR count). The van der Waals surface area contributed by atoms with Crippen LogP contribution in [0.15, 0.2) is 65.5 Å². The fourth-order valence-electron chi connectivity index (χ4n) is 3.53. The number of nitrogens with one attached hydrogen (secondary N) is 1. The number of carbonyl (C=O) groups is 1. The zero-order valence-electron chi connectivity index (χ0n) is 16.1. The van der Waals surface area contributed by atoms with Crippen molar-refractivity contribution in [3.05, 3.63) is 81.9 Å². The topological polar surface area (TPSA) is 67.2 Å². The van der Waals surface area contributed by atoms with Crippen LogP contribution in [0.3, 0.4) is 0 Å². The molecular formula is C22H20ClFN4O2. The molecule has 3 aromatic rings. The molecule has 0 aliphatic carbocycles. The van der Waals surface area contributed by atoms with Crippen molar-refractivity contribution in [2.24, 2.45) is 5.92 Å². The fourth-order valence-corrected chi connectivity index (χ4v) is 3.71. The standard InChI is InChI=1S/C22H20ClFN4O2/c23-18-6-1-2-7-19(18)25-22(30)15-10-12-27(13-11-15)20-8-9-21(29)28(26-20)17-5-3-4-16(24)14-17/h1-9,14-15H,10-13H2,(H,25,30). The Morgan fingerprint density at radius 2 is 1.83 bits per heavy atom. The first-order valence-corrected chi connectivity index (χ1v) is 10.1. The van der Waals surface area contributed by atoms with Gasteiger partial charge in [-0.2, -0.15) is 4.68 Å². The van der Waals surface area contributed by atoms with Crippen LogP contribution in [0, 0.1) is 11.7 Å². The van der Waals surface area contributed by atoms with E-state index >= 15 is 0 Å². The molecule has 1 fully saturated rings. The Labute approximate surface area is 177 Å². The van der Waals surface area contributed by atoms with Gasteiger partial charge in [0.15, 0.2) is 0 Å². The van der Waals surface area contributed by atoms with Crippen LogP contribution in [0.4, 0.5) is 15.9 Å². The van der Waals surface area contributed by atoms with Gasteiger partial charge in [0, 0.05) is 25.1 Å². The Bertz CT molecular complexity index is 1130. The van der Waals surface area contributed by atoms with Gasteiger partial charge in [-0.25, -0.2) is 4.39 Å². The molecular weight excluding hydrogens is 407 g/mol. The summed E-state index contributed by atoms with van der Waals surface area (Å²) in [6, 6.07) is 16.0. The third-order valence-corrected chi connectivity index (χ3v) is 5.49. The van der Waals surface area contributed by atoms with Crippen molar-refractivity contribution in [1.82, 2.24) is 9.78 Å². The summed E-state index contributed by atoms with van der Waals surface area (Å²) in [5.74, 6) is -0.00661. The van der Waals surface area contributed by atoms with Crippen molar-refractivity contribution in [2.75, 3.05) is 23.3 Å². The van der Waals surface area contributed by atoms with Gasteiger partial charge in [0.2, 0.25) is 5.91 Å². The Balaban J connectivity index is 1.44. The number of hydrogen-bond donors (Lipinski definition) is 1. The summed E-state index contributed by atoms with van der Waals surface area (Å²) in [6.07, 6.45) is 1.30. The van der Waals surface area contributed by atoms with Crippen LogP contribution in [0.5, 0.6) is 0 Å². The lowest BCUT2D eigenvalue weighted by Gasteiger charge is -2.32. The van der Waals surface area contributed by atoms with Crippen molar-refractivity contribution in [1.29, 1.82) is 0 Å². The molecule has 8 heteroatoms. The lowest BCUT2D eigenvalue weighted by molar-refractivity contribution is -0.120. The molecule has 154 valence electrons. The van der Waals surface area contributed by atoms with Crippen LogP contribution in [0.25, 0.3) is 5.69 Å². The summed E-state index contributed by atoms with van der Waals surface area (Å²) in [5, 5.41) is 7.80. The Kier molecular flexibility index (Phi) is 5.81. The molecule has 1 amide bonds. The second-order valence-corrected chi connectivity index (χ2v) is 7.56. The average molecular weight is 427 g/mol. The number of piperidine rings is 1. The van der Waals surface area contributed by atoms with E-state index in [9.17, 15) is 14.0 Å². The normalized spacial score (nSPS) is 14.5. The van der Waals surface area contributed by atoms with Gasteiger partial charge in [0.25, 0.3) is 5.56 Å². The summed E-state index contributed by atoms with van der Waals surface area (Å²) in [5.41, 5.74) is 0.643. The smallest absolute Gasteiger partial charge is 0.271 e. The summed E-state index contributed by atoms with van der Waals surface area (Å²) >= 11 is 6.12. The number of benzene rings is 2. The van der Waals surface area contributed by atoms with Gasteiger partial charge >= 0.3 is 0 Å². The van der Waals surface area contributed by atoms with Gasteiger partial charge in [-0.1, -0.05) is 29.8 Å². The second kappa shape index (κ2) is 8.67. The molecule has 30 heavy (non-hydrogen) atoms. The molecule has 0 unspecified atom stereocenters. The predicted octanol–water partition coefficient (Wildman–Crippen LogP) is 3.88. The van der Waals surface area contributed by atoms with Crippen LogP contribution in [-0.4, -0.2) is 28.8 Å². The maximum Gasteiger partial charge on any atom is 0.271 e. The van der Waals surface area contributed by atoms with Gasteiger partial charge in [-0.15, -0.1) is 5.10 Å². The Hall–Kier alpha value is -3.19. The Morgan fingerprint density at radius 1 is 1.07 bits per heavy atom. The highest BCUT2D eigenvalue weighted by Gasteiger charge is 2.26. The first kappa shape index (κ1) is 20.1. The molecule has 1 saturated heterocycles. The second-order valence-electron chi connectivity index (χ2n) is 7.15. The summed E-state index contributed by atoms with van der Waals surface area (Å²) in [6.45, 7) is 1.24. The molecule has 1 aromatic heterocycles. The number of halogens is 2. The minimum absolute atomic E-state index is 0.0551. The molecule has 0 spiro atoms. The highest BCUT2D eigenvalue weighted by Crippen LogP contribution is 2.25. The van der Waals surface area contributed by atoms with Crippen LogP contribution in [0.2, 0.25) is 5.02 Å². The number of carbonyl (C=O) groups excluding carboxylic acids is 1. The van der Waals surface area contributed by atoms with Crippen molar-refractivity contribution in [3.8, 4) is 5.69 Å². The maximum absolute atomic E-state index is 13.5. The summed E-state index contributed by atoms with van der Waals surface area (Å²) in [7, 11) is 0. The highest BCUT2D eigenvalue weighted by atomic mass is 35.5. The number of anilines is 2. The van der Waals surface area contributed by atoms with Crippen molar-refractivity contribution in [2.45, 2.75) is 12.8 Å². The minimum atomic E-state index is -0.433. The largest absolute Gasteiger partial charge is 0.355 e. The van der Waals surface area contributed by atoms with Crippen LogP contribution < -0.4 is 15.8 Å². The third kappa shape index (κ3) is 4.36. The van der Waals surface area contributed by atoms with E-state index in [0.717, 1.165) is 0 Å². The monoisotopic (exact) mass is 426 g/mol. The molecule has 1 aliphatic rings. The van der Waals surface area contributed by atoms with E-state index in [-0.39, 0.29) is 17.4 Å². The van der Waals surface area contributed by atoms with E-state index in [1.807, 2.05) is 17.0 Å². The molecule has 2 aromatic carbocycles. The third-order valence-electron chi connectivity index (χ3n) is 5.16. The quantitative estimate of drug-likeness (QED) is 0.687. The van der Waals surface area contributed by atoms with E-state index in [1.165, 1.54) is 28.9 Å². The SMILES string of the molecule is O=C(Nc1ccccc1Cl)C1CCN(c2ccc(=O)n(-c3cccc(F)c3)n2)CC1. The number of para-hydroxylation sites is 1. The molecule has 6 nitrogen and oxygen atoms in total. The van der Waals surface area contributed by atoms with Gasteiger partial charge in [0.05, 0.1) is 16.4 Å². The number of amides is 1. The lowest BCUT2D eigenvalue weighted by Crippen LogP contribution is -2.39. The van der Waals surface area contributed by atoms with E-state index < -0.39 is 5.82 Å².